The summed E-state index contributed by atoms with van der Waals surface area (Å²) in [6.45, 7) is 1.22. The maximum absolute atomic E-state index is 12.4. The Morgan fingerprint density at radius 2 is 1.91 bits per heavy atom. The van der Waals surface area contributed by atoms with E-state index in [2.05, 4.69) is 19.7 Å². The van der Waals surface area contributed by atoms with E-state index in [9.17, 15) is 21.6 Å². The smallest absolute Gasteiger partial charge is 0.422 e. The molecule has 2 heterocycles. The van der Waals surface area contributed by atoms with Gasteiger partial charge in [-0.05, 0) is 32.0 Å². The first-order valence-electron chi connectivity index (χ1n) is 9.30. The summed E-state index contributed by atoms with van der Waals surface area (Å²) in [6, 6.07) is 8.11. The van der Waals surface area contributed by atoms with Crippen molar-refractivity contribution in [2.24, 2.45) is 0 Å². The zero-order chi connectivity index (χ0) is 23.9. The van der Waals surface area contributed by atoms with Crippen LogP contribution in [0.3, 0.4) is 0 Å². The van der Waals surface area contributed by atoms with Crippen molar-refractivity contribution in [3.63, 3.8) is 0 Å². The number of aromatic nitrogens is 3. The van der Waals surface area contributed by atoms with E-state index in [0.717, 1.165) is 0 Å². The molecule has 0 unspecified atom stereocenters. The lowest BCUT2D eigenvalue weighted by molar-refractivity contribution is -0.153. The SMILES string of the molecule is C[C@@H](O)CO.Cc1c(OCC(F)(F)F)ccnc1CNS(=O)(=O)c1nc2ccccc2[nH]1. The third-order valence-electron chi connectivity index (χ3n) is 3.97. The Morgan fingerprint density at radius 3 is 2.50 bits per heavy atom. The molecular weight excluding hydrogens is 453 g/mol. The van der Waals surface area contributed by atoms with Gasteiger partial charge in [-0.2, -0.15) is 13.2 Å². The van der Waals surface area contributed by atoms with Crippen molar-refractivity contribution in [2.75, 3.05) is 13.2 Å². The van der Waals surface area contributed by atoms with Crippen LogP contribution < -0.4 is 9.46 Å². The fourth-order valence-electron chi connectivity index (χ4n) is 2.34. The van der Waals surface area contributed by atoms with E-state index >= 15 is 0 Å². The molecule has 0 bridgehead atoms. The van der Waals surface area contributed by atoms with Gasteiger partial charge in [0.15, 0.2) is 6.61 Å². The molecule has 0 saturated carbocycles. The number of ether oxygens (including phenoxy) is 1. The molecule has 4 N–H and O–H groups in total. The number of sulfonamides is 1. The fourth-order valence-corrected chi connectivity index (χ4v) is 3.27. The van der Waals surface area contributed by atoms with Crippen LogP contribution in [-0.4, -0.2) is 59.1 Å². The number of alkyl halides is 3. The predicted octanol–water partition coefficient (Wildman–Crippen LogP) is 2.05. The minimum atomic E-state index is -4.47. The standard InChI is InChI=1S/C16H15F3N4O3S.C3H8O2/c1-10-13(20-7-6-14(10)26-9-16(17,18)19)8-21-27(24,25)15-22-11-4-2-3-5-12(11)23-15;1-3(5)2-4/h2-7,21H,8-9H2,1H3,(H,22,23);3-5H,2H2,1H3/t;3-/m.1/s1. The van der Waals surface area contributed by atoms with Crippen LogP contribution in [0.4, 0.5) is 13.2 Å². The highest BCUT2D eigenvalue weighted by Crippen LogP contribution is 2.23. The topological polar surface area (TPSA) is 137 Å². The molecule has 9 nitrogen and oxygen atoms in total. The molecule has 0 aliphatic rings. The van der Waals surface area contributed by atoms with Gasteiger partial charge >= 0.3 is 6.18 Å². The highest BCUT2D eigenvalue weighted by molar-refractivity contribution is 7.89. The summed E-state index contributed by atoms with van der Waals surface area (Å²) >= 11 is 0. The van der Waals surface area contributed by atoms with Crippen molar-refractivity contribution in [1.29, 1.82) is 0 Å². The van der Waals surface area contributed by atoms with Crippen LogP contribution in [0.5, 0.6) is 5.75 Å². The number of nitrogens with one attached hydrogen (secondary N) is 2. The van der Waals surface area contributed by atoms with Gasteiger partial charge in [-0.1, -0.05) is 12.1 Å². The van der Waals surface area contributed by atoms with E-state index in [-0.39, 0.29) is 29.8 Å². The maximum Gasteiger partial charge on any atom is 0.422 e. The van der Waals surface area contributed by atoms with Crippen LogP contribution >= 0.6 is 0 Å². The van der Waals surface area contributed by atoms with Crippen LogP contribution in [0.2, 0.25) is 0 Å². The third-order valence-corrected chi connectivity index (χ3v) is 5.19. The second-order valence-electron chi connectivity index (χ2n) is 6.70. The molecule has 13 heteroatoms. The molecule has 3 aromatic rings. The van der Waals surface area contributed by atoms with Gasteiger partial charge in [0.25, 0.3) is 10.0 Å². The van der Waals surface area contributed by atoms with E-state index in [1.165, 1.54) is 26.1 Å². The molecule has 0 aliphatic heterocycles. The molecule has 0 amide bonds. The number of benzene rings is 1. The number of halogens is 3. The van der Waals surface area contributed by atoms with Crippen molar-refractivity contribution in [3.05, 3.63) is 47.8 Å². The largest absolute Gasteiger partial charge is 0.484 e. The van der Waals surface area contributed by atoms with E-state index in [0.29, 0.717) is 16.6 Å². The number of hydrogen-bond donors (Lipinski definition) is 4. The normalized spacial score (nSPS) is 12.8. The Kier molecular flexibility index (Phi) is 8.55. The molecule has 0 fully saturated rings. The van der Waals surface area contributed by atoms with Gasteiger partial charge in [0.1, 0.15) is 5.75 Å². The second kappa shape index (κ2) is 10.7. The molecule has 0 saturated heterocycles. The highest BCUT2D eigenvalue weighted by atomic mass is 32.2. The number of fused-ring (bicyclic) bond motifs is 1. The van der Waals surface area contributed by atoms with E-state index in [1.54, 1.807) is 24.3 Å². The average molecular weight is 476 g/mol. The van der Waals surface area contributed by atoms with Gasteiger partial charge in [0.05, 0.1) is 36.0 Å². The van der Waals surface area contributed by atoms with Crippen LogP contribution in [0.15, 0.2) is 41.7 Å². The molecule has 3 rings (SSSR count). The minimum Gasteiger partial charge on any atom is -0.484 e. The molecule has 0 spiro atoms. The zero-order valence-electron chi connectivity index (χ0n) is 17.2. The van der Waals surface area contributed by atoms with Crippen molar-refractivity contribution in [1.82, 2.24) is 19.7 Å². The van der Waals surface area contributed by atoms with Crippen molar-refractivity contribution in [2.45, 2.75) is 37.8 Å². The summed E-state index contributed by atoms with van der Waals surface area (Å²) in [6.07, 6.45) is -3.78. The average Bonchev–Trinajstić information content (AvgIpc) is 3.17. The van der Waals surface area contributed by atoms with Crippen molar-refractivity contribution < 1.29 is 36.5 Å². The molecular formula is C19H23F3N4O5S. The molecule has 0 radical (unpaired) electrons. The summed E-state index contributed by atoms with van der Waals surface area (Å²) in [5.74, 6) is -0.0136. The Morgan fingerprint density at radius 1 is 1.25 bits per heavy atom. The monoisotopic (exact) mass is 476 g/mol. The van der Waals surface area contributed by atoms with Gasteiger partial charge < -0.3 is 19.9 Å². The van der Waals surface area contributed by atoms with E-state index in [1.807, 2.05) is 0 Å². The molecule has 0 aliphatic carbocycles. The van der Waals surface area contributed by atoms with Gasteiger partial charge in [0, 0.05) is 11.8 Å². The van der Waals surface area contributed by atoms with Gasteiger partial charge in [0.2, 0.25) is 5.16 Å². The third kappa shape index (κ3) is 7.44. The lowest BCUT2D eigenvalue weighted by Crippen LogP contribution is -2.25. The number of pyridine rings is 1. The maximum atomic E-state index is 12.4. The quantitative estimate of drug-likeness (QED) is 0.410. The Hall–Kier alpha value is -2.74. The zero-order valence-corrected chi connectivity index (χ0v) is 18.0. The van der Waals surface area contributed by atoms with Crippen molar-refractivity contribution in [3.8, 4) is 5.75 Å². The number of aromatic amines is 1. The second-order valence-corrected chi connectivity index (χ2v) is 8.38. The highest BCUT2D eigenvalue weighted by Gasteiger charge is 2.29. The Bertz CT molecular complexity index is 1100. The molecule has 1 atom stereocenters. The van der Waals surface area contributed by atoms with Crippen LogP contribution in [0.25, 0.3) is 11.0 Å². The summed E-state index contributed by atoms with van der Waals surface area (Å²) in [7, 11) is -3.96. The number of hydrogen-bond acceptors (Lipinski definition) is 7. The fraction of sp³-hybridized carbons (Fsp3) is 0.368. The Balaban J connectivity index is 0.000000654. The first kappa shape index (κ1) is 25.5. The number of nitrogens with zero attached hydrogens (tertiary/aromatic N) is 2. The number of aliphatic hydroxyl groups excluding tert-OH is 2. The number of H-pyrrole nitrogens is 1. The molecule has 1 aromatic carbocycles. The van der Waals surface area contributed by atoms with Gasteiger partial charge in [-0.3, -0.25) is 4.98 Å². The number of aliphatic hydroxyl groups is 2. The summed E-state index contributed by atoms with van der Waals surface area (Å²) in [5.41, 5.74) is 1.62. The lowest BCUT2D eigenvalue weighted by atomic mass is 10.2. The van der Waals surface area contributed by atoms with E-state index in [4.69, 9.17) is 14.9 Å². The van der Waals surface area contributed by atoms with Gasteiger partial charge in [-0.15, -0.1) is 0 Å². The summed E-state index contributed by atoms with van der Waals surface area (Å²) < 4.78 is 68.8. The molecule has 32 heavy (non-hydrogen) atoms. The van der Waals surface area contributed by atoms with Crippen molar-refractivity contribution >= 4 is 21.1 Å². The van der Waals surface area contributed by atoms with Crippen LogP contribution in [0, 0.1) is 6.92 Å². The van der Waals surface area contributed by atoms with Crippen LogP contribution in [0.1, 0.15) is 18.2 Å². The van der Waals surface area contributed by atoms with Crippen LogP contribution in [-0.2, 0) is 16.6 Å². The summed E-state index contributed by atoms with van der Waals surface area (Å²) in [5, 5.41) is 15.7. The first-order chi connectivity index (χ1) is 14.9. The first-order valence-corrected chi connectivity index (χ1v) is 10.8. The Labute approximate surface area is 182 Å². The lowest BCUT2D eigenvalue weighted by Gasteiger charge is -2.13. The molecule has 2 aromatic heterocycles. The number of imidazole rings is 1. The number of rotatable bonds is 7. The minimum absolute atomic E-state index is 0.0136. The van der Waals surface area contributed by atoms with Gasteiger partial charge in [-0.25, -0.2) is 18.1 Å². The summed E-state index contributed by atoms with van der Waals surface area (Å²) in [4.78, 5) is 10.7. The number of para-hydroxylation sites is 2. The molecule has 176 valence electrons. The predicted molar refractivity (Wildman–Crippen MR) is 109 cm³/mol. The van der Waals surface area contributed by atoms with E-state index < -0.39 is 28.9 Å².